The SMILES string of the molecule is Clc1cc2c[c]ccc2c2cc[c]cc12. The first-order chi connectivity index (χ1) is 7.36. The molecule has 3 aromatic carbocycles. The highest BCUT2D eigenvalue weighted by atomic mass is 35.5. The molecule has 0 spiro atoms. The lowest BCUT2D eigenvalue weighted by molar-refractivity contribution is 1.74. The van der Waals surface area contributed by atoms with Crippen LogP contribution in [0.25, 0.3) is 21.5 Å². The van der Waals surface area contributed by atoms with Crippen LogP contribution in [-0.4, -0.2) is 0 Å². The molecule has 2 radical (unpaired) electrons. The van der Waals surface area contributed by atoms with Crippen molar-refractivity contribution >= 4 is 33.1 Å². The lowest BCUT2D eigenvalue weighted by Gasteiger charge is -2.04. The predicted octanol–water partition coefficient (Wildman–Crippen LogP) is 4.25. The maximum atomic E-state index is 6.20. The van der Waals surface area contributed by atoms with E-state index in [9.17, 15) is 0 Å². The molecular formula is C14H7Cl. The summed E-state index contributed by atoms with van der Waals surface area (Å²) >= 11 is 6.20. The van der Waals surface area contributed by atoms with Crippen LogP contribution in [0.4, 0.5) is 0 Å². The van der Waals surface area contributed by atoms with Gasteiger partial charge in [0.25, 0.3) is 0 Å². The first-order valence-corrected chi connectivity index (χ1v) is 5.12. The summed E-state index contributed by atoms with van der Waals surface area (Å²) in [6.45, 7) is 0. The third kappa shape index (κ3) is 1.30. The van der Waals surface area contributed by atoms with Gasteiger partial charge >= 0.3 is 0 Å². The molecule has 70 valence electrons. The van der Waals surface area contributed by atoms with Gasteiger partial charge in [0.05, 0.1) is 0 Å². The third-order valence-corrected chi connectivity index (χ3v) is 2.90. The van der Waals surface area contributed by atoms with Crippen molar-refractivity contribution in [3.63, 3.8) is 0 Å². The fourth-order valence-electron chi connectivity index (χ4n) is 1.89. The molecule has 0 aliphatic heterocycles. The van der Waals surface area contributed by atoms with Gasteiger partial charge in [-0.05, 0) is 46.5 Å². The average Bonchev–Trinajstić information content (AvgIpc) is 2.30. The topological polar surface area (TPSA) is 0 Å². The van der Waals surface area contributed by atoms with E-state index in [1.807, 2.05) is 36.4 Å². The Labute approximate surface area is 93.1 Å². The van der Waals surface area contributed by atoms with Crippen molar-refractivity contribution in [2.24, 2.45) is 0 Å². The maximum Gasteiger partial charge on any atom is 0.0491 e. The van der Waals surface area contributed by atoms with Gasteiger partial charge in [0.2, 0.25) is 0 Å². The van der Waals surface area contributed by atoms with Crippen molar-refractivity contribution in [2.75, 3.05) is 0 Å². The quantitative estimate of drug-likeness (QED) is 0.487. The van der Waals surface area contributed by atoms with Crippen LogP contribution in [0, 0.1) is 12.1 Å². The van der Waals surface area contributed by atoms with Crippen LogP contribution in [-0.2, 0) is 0 Å². The Morgan fingerprint density at radius 1 is 0.867 bits per heavy atom. The summed E-state index contributed by atoms with van der Waals surface area (Å²) in [5.74, 6) is 0. The summed E-state index contributed by atoms with van der Waals surface area (Å²) in [6.07, 6.45) is 0. The third-order valence-electron chi connectivity index (χ3n) is 2.59. The Balaban J connectivity index is 2.64. The number of fused-ring (bicyclic) bond motifs is 3. The van der Waals surface area contributed by atoms with E-state index in [0.29, 0.717) is 0 Å². The van der Waals surface area contributed by atoms with Crippen molar-refractivity contribution in [3.8, 4) is 0 Å². The molecule has 0 saturated heterocycles. The van der Waals surface area contributed by atoms with E-state index in [2.05, 4.69) is 18.2 Å². The summed E-state index contributed by atoms with van der Waals surface area (Å²) < 4.78 is 0. The Hall–Kier alpha value is -1.53. The zero-order valence-electron chi connectivity index (χ0n) is 7.92. The molecule has 0 saturated carbocycles. The van der Waals surface area contributed by atoms with E-state index in [0.717, 1.165) is 15.8 Å². The summed E-state index contributed by atoms with van der Waals surface area (Å²) in [5.41, 5.74) is 0. The molecule has 0 aliphatic rings. The van der Waals surface area contributed by atoms with E-state index in [-0.39, 0.29) is 0 Å². The molecule has 0 nitrogen and oxygen atoms in total. The van der Waals surface area contributed by atoms with E-state index in [1.165, 1.54) is 10.8 Å². The Morgan fingerprint density at radius 2 is 1.60 bits per heavy atom. The maximum absolute atomic E-state index is 6.20. The molecule has 0 bridgehead atoms. The number of hydrogen-bond acceptors (Lipinski definition) is 0. The highest BCUT2D eigenvalue weighted by Crippen LogP contribution is 2.30. The van der Waals surface area contributed by atoms with Crippen LogP contribution in [0.1, 0.15) is 0 Å². The molecule has 1 heteroatoms. The fraction of sp³-hybridized carbons (Fsp3) is 0. The minimum absolute atomic E-state index is 0.772. The molecule has 0 aromatic heterocycles. The molecule has 0 N–H and O–H groups in total. The largest absolute Gasteiger partial charge is 0.0836 e. The van der Waals surface area contributed by atoms with Crippen LogP contribution in [0.3, 0.4) is 0 Å². The van der Waals surface area contributed by atoms with Gasteiger partial charge in [-0.1, -0.05) is 35.9 Å². The number of hydrogen-bond donors (Lipinski definition) is 0. The van der Waals surface area contributed by atoms with Crippen molar-refractivity contribution in [1.29, 1.82) is 0 Å². The van der Waals surface area contributed by atoms with Crippen molar-refractivity contribution < 1.29 is 0 Å². The molecule has 0 amide bonds. The van der Waals surface area contributed by atoms with Crippen LogP contribution in [0.5, 0.6) is 0 Å². The number of rotatable bonds is 0. The van der Waals surface area contributed by atoms with E-state index >= 15 is 0 Å². The van der Waals surface area contributed by atoms with E-state index < -0.39 is 0 Å². The lowest BCUT2D eigenvalue weighted by atomic mass is 10.0. The average molecular weight is 211 g/mol. The molecule has 15 heavy (non-hydrogen) atoms. The van der Waals surface area contributed by atoms with Gasteiger partial charge in [-0.25, -0.2) is 0 Å². The zero-order valence-corrected chi connectivity index (χ0v) is 8.68. The van der Waals surface area contributed by atoms with Crippen molar-refractivity contribution in [2.45, 2.75) is 0 Å². The van der Waals surface area contributed by atoms with Gasteiger partial charge in [-0.3, -0.25) is 0 Å². The first-order valence-electron chi connectivity index (χ1n) is 4.74. The smallest absolute Gasteiger partial charge is 0.0491 e. The van der Waals surface area contributed by atoms with Crippen molar-refractivity contribution in [3.05, 3.63) is 59.6 Å². The molecular weight excluding hydrogens is 204 g/mol. The van der Waals surface area contributed by atoms with Crippen molar-refractivity contribution in [1.82, 2.24) is 0 Å². The van der Waals surface area contributed by atoms with Gasteiger partial charge in [0.15, 0.2) is 0 Å². The molecule has 0 fully saturated rings. The molecule has 3 aromatic rings. The molecule has 0 atom stereocenters. The van der Waals surface area contributed by atoms with Crippen LogP contribution >= 0.6 is 11.6 Å². The standard InChI is InChI=1S/C14H7Cl/c15-14-9-10-5-1-2-6-11(10)12-7-3-4-8-13(12)14/h2-3,5-9H. The molecule has 0 aliphatic carbocycles. The monoisotopic (exact) mass is 210 g/mol. The van der Waals surface area contributed by atoms with Crippen LogP contribution < -0.4 is 0 Å². The van der Waals surface area contributed by atoms with Gasteiger partial charge < -0.3 is 0 Å². The number of benzene rings is 3. The zero-order chi connectivity index (χ0) is 10.3. The molecule has 0 heterocycles. The normalized spacial score (nSPS) is 11.0. The van der Waals surface area contributed by atoms with Gasteiger partial charge in [-0.15, -0.1) is 0 Å². The summed E-state index contributed by atoms with van der Waals surface area (Å²) in [5, 5.41) is 5.33. The van der Waals surface area contributed by atoms with Gasteiger partial charge in [-0.2, -0.15) is 0 Å². The fourth-order valence-corrected chi connectivity index (χ4v) is 2.16. The summed E-state index contributed by atoms with van der Waals surface area (Å²) in [6, 6.07) is 19.9. The Bertz CT molecular complexity index is 641. The van der Waals surface area contributed by atoms with Crippen LogP contribution in [0.2, 0.25) is 5.02 Å². The highest BCUT2D eigenvalue weighted by molar-refractivity contribution is 6.37. The van der Waals surface area contributed by atoms with E-state index in [1.54, 1.807) is 0 Å². The molecule has 0 unspecified atom stereocenters. The van der Waals surface area contributed by atoms with E-state index in [4.69, 9.17) is 11.6 Å². The predicted molar refractivity (Wildman–Crippen MR) is 64.1 cm³/mol. The lowest BCUT2D eigenvalue weighted by Crippen LogP contribution is -1.78. The first kappa shape index (κ1) is 8.75. The van der Waals surface area contributed by atoms with Gasteiger partial charge in [0.1, 0.15) is 0 Å². The van der Waals surface area contributed by atoms with Gasteiger partial charge in [0, 0.05) is 10.4 Å². The minimum Gasteiger partial charge on any atom is -0.0836 e. The summed E-state index contributed by atoms with van der Waals surface area (Å²) in [4.78, 5) is 0. The number of halogens is 1. The second-order valence-electron chi connectivity index (χ2n) is 3.48. The van der Waals surface area contributed by atoms with Crippen LogP contribution in [0.15, 0.2) is 42.5 Å². The second-order valence-corrected chi connectivity index (χ2v) is 3.88. The Morgan fingerprint density at radius 3 is 2.47 bits per heavy atom. The second kappa shape index (κ2) is 3.25. The Kier molecular flexibility index (Phi) is 1.90. The summed E-state index contributed by atoms with van der Waals surface area (Å²) in [7, 11) is 0. The molecule has 3 rings (SSSR count). The highest BCUT2D eigenvalue weighted by Gasteiger charge is 2.03. The minimum atomic E-state index is 0.772.